The molecule has 0 amide bonds. The Balaban J connectivity index is 1.81. The molecule has 98 valence electrons. The standard InChI is InChI=1S/C15H14OS3/c1-2-16-10-11-5-6-14(18-11)15-8-7-13(19-15)12-4-3-9-17-12/h3-9H,2,10H2,1H3. The molecule has 0 bridgehead atoms. The summed E-state index contributed by atoms with van der Waals surface area (Å²) in [7, 11) is 0. The minimum Gasteiger partial charge on any atom is -0.376 e. The van der Waals surface area contributed by atoms with Gasteiger partial charge in [0.1, 0.15) is 0 Å². The Morgan fingerprint density at radius 3 is 2.37 bits per heavy atom. The van der Waals surface area contributed by atoms with Crippen molar-refractivity contribution in [3.63, 3.8) is 0 Å². The first-order chi connectivity index (χ1) is 9.36. The lowest BCUT2D eigenvalue weighted by Gasteiger charge is -1.95. The predicted molar refractivity (Wildman–Crippen MR) is 86.3 cm³/mol. The van der Waals surface area contributed by atoms with Crippen LogP contribution in [0.1, 0.15) is 11.8 Å². The van der Waals surface area contributed by atoms with E-state index in [1.54, 1.807) is 11.3 Å². The highest BCUT2D eigenvalue weighted by Crippen LogP contribution is 2.39. The summed E-state index contributed by atoms with van der Waals surface area (Å²) in [5, 5.41) is 2.13. The van der Waals surface area contributed by atoms with Crippen LogP contribution in [0.3, 0.4) is 0 Å². The molecule has 3 heterocycles. The van der Waals surface area contributed by atoms with Crippen molar-refractivity contribution >= 4 is 34.0 Å². The Morgan fingerprint density at radius 2 is 1.63 bits per heavy atom. The lowest BCUT2D eigenvalue weighted by molar-refractivity contribution is 0.136. The molecule has 0 N–H and O–H groups in total. The van der Waals surface area contributed by atoms with Gasteiger partial charge in [-0.05, 0) is 42.6 Å². The van der Waals surface area contributed by atoms with E-state index in [9.17, 15) is 0 Å². The smallest absolute Gasteiger partial charge is 0.0809 e. The second-order valence-electron chi connectivity index (χ2n) is 4.04. The fourth-order valence-corrected chi connectivity index (χ4v) is 4.69. The van der Waals surface area contributed by atoms with E-state index in [0.717, 1.165) is 13.2 Å². The summed E-state index contributed by atoms with van der Waals surface area (Å²) < 4.78 is 5.45. The minimum atomic E-state index is 0.727. The first-order valence-electron chi connectivity index (χ1n) is 6.17. The molecule has 19 heavy (non-hydrogen) atoms. The Bertz CT molecular complexity index is 634. The van der Waals surface area contributed by atoms with Gasteiger partial charge in [-0.2, -0.15) is 0 Å². The number of ether oxygens (including phenoxy) is 1. The van der Waals surface area contributed by atoms with Gasteiger partial charge in [0.15, 0.2) is 0 Å². The Labute approximate surface area is 125 Å². The molecular formula is C15H14OS3. The van der Waals surface area contributed by atoms with Crippen molar-refractivity contribution in [1.82, 2.24) is 0 Å². The third-order valence-electron chi connectivity index (χ3n) is 2.72. The van der Waals surface area contributed by atoms with Crippen LogP contribution in [0.2, 0.25) is 0 Å². The van der Waals surface area contributed by atoms with Crippen LogP contribution in [-0.4, -0.2) is 6.61 Å². The van der Waals surface area contributed by atoms with Crippen LogP contribution in [-0.2, 0) is 11.3 Å². The van der Waals surface area contributed by atoms with Gasteiger partial charge in [0.05, 0.1) is 6.61 Å². The number of hydrogen-bond donors (Lipinski definition) is 0. The molecular weight excluding hydrogens is 292 g/mol. The maximum Gasteiger partial charge on any atom is 0.0809 e. The average molecular weight is 306 g/mol. The predicted octanol–water partition coefficient (Wildman–Crippen LogP) is 5.74. The number of hydrogen-bond acceptors (Lipinski definition) is 4. The summed E-state index contributed by atoms with van der Waals surface area (Å²) in [4.78, 5) is 6.67. The van der Waals surface area contributed by atoms with Crippen molar-refractivity contribution in [2.75, 3.05) is 6.61 Å². The van der Waals surface area contributed by atoms with Gasteiger partial charge in [-0.15, -0.1) is 34.0 Å². The maximum absolute atomic E-state index is 5.45. The summed E-state index contributed by atoms with van der Waals surface area (Å²) in [6.45, 7) is 3.53. The fourth-order valence-electron chi connectivity index (χ4n) is 1.81. The summed E-state index contributed by atoms with van der Waals surface area (Å²) in [6.07, 6.45) is 0. The van der Waals surface area contributed by atoms with E-state index in [2.05, 4.69) is 41.8 Å². The molecule has 0 aliphatic heterocycles. The highest BCUT2D eigenvalue weighted by molar-refractivity contribution is 7.26. The van der Waals surface area contributed by atoms with Crippen molar-refractivity contribution in [1.29, 1.82) is 0 Å². The second kappa shape index (κ2) is 6.01. The average Bonchev–Trinajstić information content (AvgIpc) is 3.14. The fraction of sp³-hybridized carbons (Fsp3) is 0.200. The molecule has 0 aliphatic rings. The van der Waals surface area contributed by atoms with Crippen LogP contribution in [0.25, 0.3) is 19.5 Å². The van der Waals surface area contributed by atoms with Crippen LogP contribution in [0.4, 0.5) is 0 Å². The molecule has 0 aromatic carbocycles. The molecule has 0 radical (unpaired) electrons. The monoisotopic (exact) mass is 306 g/mol. The van der Waals surface area contributed by atoms with Gasteiger partial charge in [0, 0.05) is 31.0 Å². The van der Waals surface area contributed by atoms with Crippen molar-refractivity contribution in [2.24, 2.45) is 0 Å². The van der Waals surface area contributed by atoms with E-state index in [0.29, 0.717) is 0 Å². The molecule has 0 aliphatic carbocycles. The molecule has 3 rings (SSSR count). The van der Waals surface area contributed by atoms with Crippen LogP contribution >= 0.6 is 34.0 Å². The first-order valence-corrected chi connectivity index (χ1v) is 8.68. The van der Waals surface area contributed by atoms with E-state index in [1.165, 1.54) is 24.4 Å². The zero-order chi connectivity index (χ0) is 13.1. The van der Waals surface area contributed by atoms with Gasteiger partial charge in [-0.25, -0.2) is 0 Å². The van der Waals surface area contributed by atoms with E-state index in [4.69, 9.17) is 4.74 Å². The van der Waals surface area contributed by atoms with E-state index < -0.39 is 0 Å². The lowest BCUT2D eigenvalue weighted by Crippen LogP contribution is -1.87. The third-order valence-corrected chi connectivity index (χ3v) is 6.13. The van der Waals surface area contributed by atoms with Gasteiger partial charge in [0.2, 0.25) is 0 Å². The molecule has 3 aromatic rings. The molecule has 3 aromatic heterocycles. The quantitative estimate of drug-likeness (QED) is 0.584. The summed E-state index contributed by atoms with van der Waals surface area (Å²) in [6, 6.07) is 13.1. The van der Waals surface area contributed by atoms with Gasteiger partial charge in [0.25, 0.3) is 0 Å². The lowest BCUT2D eigenvalue weighted by atomic mass is 10.3. The first kappa shape index (κ1) is 13.1. The third kappa shape index (κ3) is 2.98. The highest BCUT2D eigenvalue weighted by Gasteiger charge is 2.08. The largest absolute Gasteiger partial charge is 0.376 e. The van der Waals surface area contributed by atoms with Crippen molar-refractivity contribution in [3.05, 3.63) is 46.7 Å². The molecule has 4 heteroatoms. The zero-order valence-corrected chi connectivity index (χ0v) is 13.0. The zero-order valence-electron chi connectivity index (χ0n) is 10.6. The molecule has 1 nitrogen and oxygen atoms in total. The summed E-state index contributed by atoms with van der Waals surface area (Å²) in [5.74, 6) is 0. The highest BCUT2D eigenvalue weighted by atomic mass is 32.1. The topological polar surface area (TPSA) is 9.23 Å². The van der Waals surface area contributed by atoms with Crippen molar-refractivity contribution in [2.45, 2.75) is 13.5 Å². The second-order valence-corrected chi connectivity index (χ2v) is 7.24. The van der Waals surface area contributed by atoms with Gasteiger partial charge < -0.3 is 4.74 Å². The van der Waals surface area contributed by atoms with Crippen LogP contribution in [0.15, 0.2) is 41.8 Å². The van der Waals surface area contributed by atoms with Crippen molar-refractivity contribution < 1.29 is 4.74 Å². The summed E-state index contributed by atoms with van der Waals surface area (Å²) >= 11 is 5.48. The van der Waals surface area contributed by atoms with Crippen molar-refractivity contribution in [3.8, 4) is 19.5 Å². The normalized spacial score (nSPS) is 11.0. The molecule has 0 saturated heterocycles. The van der Waals surface area contributed by atoms with E-state index >= 15 is 0 Å². The molecule has 0 atom stereocenters. The maximum atomic E-state index is 5.45. The molecule has 0 saturated carbocycles. The Hall–Kier alpha value is -0.940. The van der Waals surface area contributed by atoms with E-state index in [-0.39, 0.29) is 0 Å². The SMILES string of the molecule is CCOCc1ccc(-c2ccc(-c3cccs3)s2)s1. The van der Waals surface area contributed by atoms with Gasteiger partial charge >= 0.3 is 0 Å². The molecule has 0 spiro atoms. The van der Waals surface area contributed by atoms with Crippen LogP contribution < -0.4 is 0 Å². The van der Waals surface area contributed by atoms with Gasteiger partial charge in [-0.1, -0.05) is 6.07 Å². The van der Waals surface area contributed by atoms with Gasteiger partial charge in [-0.3, -0.25) is 0 Å². The summed E-state index contributed by atoms with van der Waals surface area (Å²) in [5.41, 5.74) is 0. The number of rotatable bonds is 5. The van der Waals surface area contributed by atoms with E-state index in [1.807, 2.05) is 29.6 Å². The Kier molecular flexibility index (Phi) is 4.13. The minimum absolute atomic E-state index is 0.727. The van der Waals surface area contributed by atoms with Crippen LogP contribution in [0, 0.1) is 0 Å². The number of thiophene rings is 3. The Morgan fingerprint density at radius 1 is 0.895 bits per heavy atom. The molecule has 0 fully saturated rings. The van der Waals surface area contributed by atoms with Crippen LogP contribution in [0.5, 0.6) is 0 Å². The molecule has 0 unspecified atom stereocenters.